The van der Waals surface area contributed by atoms with Gasteiger partial charge < -0.3 is 4.90 Å². The molecule has 3 heteroatoms. The molecule has 1 saturated heterocycles. The van der Waals surface area contributed by atoms with Crippen molar-refractivity contribution >= 4 is 11.7 Å². The number of hydrogen-bond acceptors (Lipinski definition) is 2. The molecule has 2 aromatic carbocycles. The fourth-order valence-corrected chi connectivity index (χ4v) is 3.29. The largest absolute Gasteiger partial charge is 0.338 e. The van der Waals surface area contributed by atoms with Crippen LogP contribution >= 0.6 is 0 Å². The molecule has 1 fully saturated rings. The van der Waals surface area contributed by atoms with Crippen LogP contribution in [0, 0.1) is 5.92 Å². The summed E-state index contributed by atoms with van der Waals surface area (Å²) in [6.45, 7) is 3.74. The second-order valence-corrected chi connectivity index (χ2v) is 5.92. The van der Waals surface area contributed by atoms with Gasteiger partial charge >= 0.3 is 0 Å². The molecular weight excluding hydrogens is 262 g/mol. The second kappa shape index (κ2) is 4.29. The first-order valence-corrected chi connectivity index (χ1v) is 7.23. The van der Waals surface area contributed by atoms with Crippen molar-refractivity contribution in [1.82, 2.24) is 4.90 Å². The predicted molar refractivity (Wildman–Crippen MR) is 80.4 cm³/mol. The normalized spacial score (nSPS) is 16.4. The number of amides is 1. The molecule has 0 spiro atoms. The van der Waals surface area contributed by atoms with Crippen LogP contribution in [0.15, 0.2) is 42.5 Å². The second-order valence-electron chi connectivity index (χ2n) is 5.92. The average Bonchev–Trinajstić information content (AvgIpc) is 2.77. The SMILES string of the molecule is CC1CN(C(=O)c2cccc3c2-c2ccccc2C3=O)C1. The number of ketones is 1. The zero-order valence-corrected chi connectivity index (χ0v) is 11.8. The minimum Gasteiger partial charge on any atom is -0.338 e. The molecule has 0 atom stereocenters. The Labute approximate surface area is 123 Å². The summed E-state index contributed by atoms with van der Waals surface area (Å²) in [5.74, 6) is 0.626. The van der Waals surface area contributed by atoms with Gasteiger partial charge in [-0.05, 0) is 17.5 Å². The highest BCUT2D eigenvalue weighted by Crippen LogP contribution is 2.39. The van der Waals surface area contributed by atoms with Crippen LogP contribution in [-0.2, 0) is 0 Å². The highest BCUT2D eigenvalue weighted by atomic mass is 16.2. The van der Waals surface area contributed by atoms with E-state index in [4.69, 9.17) is 0 Å². The topological polar surface area (TPSA) is 37.4 Å². The Balaban J connectivity index is 1.87. The van der Waals surface area contributed by atoms with Gasteiger partial charge in [-0.25, -0.2) is 0 Å². The number of likely N-dealkylation sites (tertiary alicyclic amines) is 1. The lowest BCUT2D eigenvalue weighted by molar-refractivity contribution is 0.0531. The maximum Gasteiger partial charge on any atom is 0.254 e. The zero-order valence-electron chi connectivity index (χ0n) is 11.8. The minimum atomic E-state index is 0.0206. The van der Waals surface area contributed by atoms with E-state index in [1.165, 1.54) is 0 Å². The Kier molecular flexibility index (Phi) is 2.52. The summed E-state index contributed by atoms with van der Waals surface area (Å²) in [6, 6.07) is 13.0. The Morgan fingerprint density at radius 2 is 1.67 bits per heavy atom. The standard InChI is InChI=1S/C18H15NO2/c1-11-9-19(10-11)18(21)15-8-4-7-14-16(15)12-5-2-3-6-13(12)17(14)20/h2-8,11H,9-10H2,1H3. The molecule has 104 valence electrons. The Morgan fingerprint density at radius 3 is 2.38 bits per heavy atom. The number of carbonyl (C=O) groups excluding carboxylic acids is 2. The first kappa shape index (κ1) is 12.3. The number of nitrogens with zero attached hydrogens (tertiary/aromatic N) is 1. The number of benzene rings is 2. The molecule has 21 heavy (non-hydrogen) atoms. The first-order chi connectivity index (χ1) is 10.2. The third-order valence-corrected chi connectivity index (χ3v) is 4.33. The van der Waals surface area contributed by atoms with Crippen LogP contribution in [0.5, 0.6) is 0 Å². The summed E-state index contributed by atoms with van der Waals surface area (Å²) in [4.78, 5) is 27.0. The van der Waals surface area contributed by atoms with Gasteiger partial charge in [-0.15, -0.1) is 0 Å². The monoisotopic (exact) mass is 277 g/mol. The van der Waals surface area contributed by atoms with Crippen LogP contribution in [-0.4, -0.2) is 29.7 Å². The highest BCUT2D eigenvalue weighted by Gasteiger charge is 2.34. The third-order valence-electron chi connectivity index (χ3n) is 4.33. The van der Waals surface area contributed by atoms with Gasteiger partial charge in [0.1, 0.15) is 0 Å². The fourth-order valence-electron chi connectivity index (χ4n) is 3.29. The summed E-state index contributed by atoms with van der Waals surface area (Å²) in [7, 11) is 0. The maximum absolute atomic E-state index is 12.7. The summed E-state index contributed by atoms with van der Waals surface area (Å²) < 4.78 is 0. The van der Waals surface area contributed by atoms with E-state index >= 15 is 0 Å². The summed E-state index contributed by atoms with van der Waals surface area (Å²) >= 11 is 0. The predicted octanol–water partition coefficient (Wildman–Crippen LogP) is 2.99. The van der Waals surface area contributed by atoms with Crippen LogP contribution < -0.4 is 0 Å². The Hall–Kier alpha value is -2.42. The number of rotatable bonds is 1. The van der Waals surface area contributed by atoms with Crippen molar-refractivity contribution in [2.45, 2.75) is 6.92 Å². The molecule has 0 saturated carbocycles. The minimum absolute atomic E-state index is 0.0206. The van der Waals surface area contributed by atoms with Crippen LogP contribution in [0.3, 0.4) is 0 Å². The summed E-state index contributed by atoms with van der Waals surface area (Å²) in [6.07, 6.45) is 0. The quantitative estimate of drug-likeness (QED) is 0.685. The van der Waals surface area contributed by atoms with Crippen LogP contribution in [0.25, 0.3) is 11.1 Å². The van der Waals surface area contributed by atoms with Gasteiger partial charge in [0.2, 0.25) is 0 Å². The van der Waals surface area contributed by atoms with Gasteiger partial charge in [0.25, 0.3) is 5.91 Å². The van der Waals surface area contributed by atoms with Gasteiger partial charge in [0, 0.05) is 35.3 Å². The lowest BCUT2D eigenvalue weighted by Gasteiger charge is -2.37. The van der Waals surface area contributed by atoms with Gasteiger partial charge in [0.05, 0.1) is 0 Å². The maximum atomic E-state index is 12.7. The third kappa shape index (κ3) is 1.67. The molecule has 1 aliphatic heterocycles. The van der Waals surface area contributed by atoms with E-state index in [0.717, 1.165) is 24.2 Å². The van der Waals surface area contributed by atoms with E-state index in [9.17, 15) is 9.59 Å². The number of carbonyl (C=O) groups is 2. The van der Waals surface area contributed by atoms with Crippen molar-refractivity contribution in [1.29, 1.82) is 0 Å². The van der Waals surface area contributed by atoms with E-state index in [0.29, 0.717) is 22.6 Å². The number of hydrogen-bond donors (Lipinski definition) is 0. The summed E-state index contributed by atoms with van der Waals surface area (Å²) in [5, 5.41) is 0. The molecule has 0 radical (unpaired) electrons. The van der Waals surface area contributed by atoms with Gasteiger partial charge in [-0.3, -0.25) is 9.59 Å². The van der Waals surface area contributed by atoms with Crippen molar-refractivity contribution in [3.8, 4) is 11.1 Å². The highest BCUT2D eigenvalue weighted by molar-refractivity contribution is 6.24. The molecule has 1 amide bonds. The molecule has 1 heterocycles. The molecular formula is C18H15NO2. The smallest absolute Gasteiger partial charge is 0.254 e. The van der Waals surface area contributed by atoms with Crippen molar-refractivity contribution in [3.63, 3.8) is 0 Å². The molecule has 0 unspecified atom stereocenters. The molecule has 0 N–H and O–H groups in total. The van der Waals surface area contributed by atoms with Crippen molar-refractivity contribution in [2.24, 2.45) is 5.92 Å². The Bertz CT molecular complexity index is 773. The van der Waals surface area contributed by atoms with E-state index in [1.807, 2.05) is 41.3 Å². The fraction of sp³-hybridized carbons (Fsp3) is 0.222. The van der Waals surface area contributed by atoms with Crippen LogP contribution in [0.1, 0.15) is 33.2 Å². The molecule has 1 aliphatic carbocycles. The van der Waals surface area contributed by atoms with E-state index in [2.05, 4.69) is 6.92 Å². The zero-order chi connectivity index (χ0) is 14.6. The lowest BCUT2D eigenvalue weighted by atomic mass is 9.95. The molecule has 2 aliphatic rings. The van der Waals surface area contributed by atoms with E-state index in [-0.39, 0.29) is 11.7 Å². The Morgan fingerprint density at radius 1 is 1.00 bits per heavy atom. The number of fused-ring (bicyclic) bond motifs is 3. The van der Waals surface area contributed by atoms with Gasteiger partial charge in [-0.2, -0.15) is 0 Å². The molecule has 2 aromatic rings. The molecule has 0 bridgehead atoms. The van der Waals surface area contributed by atoms with Crippen molar-refractivity contribution in [3.05, 3.63) is 59.2 Å². The average molecular weight is 277 g/mol. The van der Waals surface area contributed by atoms with Gasteiger partial charge in [0.15, 0.2) is 5.78 Å². The lowest BCUT2D eigenvalue weighted by Crippen LogP contribution is -2.48. The molecule has 3 nitrogen and oxygen atoms in total. The van der Waals surface area contributed by atoms with Gasteiger partial charge in [-0.1, -0.05) is 43.3 Å². The first-order valence-electron chi connectivity index (χ1n) is 7.23. The molecule has 0 aromatic heterocycles. The van der Waals surface area contributed by atoms with Crippen LogP contribution in [0.2, 0.25) is 0 Å². The van der Waals surface area contributed by atoms with Crippen LogP contribution in [0.4, 0.5) is 0 Å². The van der Waals surface area contributed by atoms with Crippen molar-refractivity contribution in [2.75, 3.05) is 13.1 Å². The molecule has 4 rings (SSSR count). The van der Waals surface area contributed by atoms with Crippen molar-refractivity contribution < 1.29 is 9.59 Å². The van der Waals surface area contributed by atoms with E-state index < -0.39 is 0 Å². The summed E-state index contributed by atoms with van der Waals surface area (Å²) in [5.41, 5.74) is 3.69. The van der Waals surface area contributed by atoms with E-state index in [1.54, 1.807) is 6.07 Å².